The molecule has 0 radical (unpaired) electrons. The van der Waals surface area contributed by atoms with Gasteiger partial charge in [0.25, 0.3) is 0 Å². The molecule has 98 valence electrons. The minimum Gasteiger partial charge on any atom is -0.478 e. The molecule has 0 aliphatic rings. The van der Waals surface area contributed by atoms with Gasteiger partial charge >= 0.3 is 5.97 Å². The van der Waals surface area contributed by atoms with E-state index in [1.807, 2.05) is 44.4 Å². The van der Waals surface area contributed by atoms with Crippen molar-refractivity contribution in [1.29, 1.82) is 0 Å². The summed E-state index contributed by atoms with van der Waals surface area (Å²) in [7, 11) is 0. The molecule has 1 heterocycles. The Balaban J connectivity index is 2.11. The van der Waals surface area contributed by atoms with Crippen LogP contribution >= 0.6 is 0 Å². The maximum absolute atomic E-state index is 10.4. The number of aryl methyl sites for hydroxylation is 1. The highest BCUT2D eigenvalue weighted by atomic mass is 16.4. The first-order valence-electron chi connectivity index (χ1n) is 6.04. The number of aliphatic carboxylic acids is 1. The Hall–Kier alpha value is -2.36. The van der Waals surface area contributed by atoms with Crippen molar-refractivity contribution in [3.8, 4) is 0 Å². The number of hydrogen-bond acceptors (Lipinski definition) is 2. The normalized spacial score (nSPS) is 11.1. The Kier molecular flexibility index (Phi) is 3.80. The zero-order valence-electron chi connectivity index (χ0n) is 11.0. The van der Waals surface area contributed by atoms with Crippen LogP contribution in [0.1, 0.15) is 22.5 Å². The largest absolute Gasteiger partial charge is 0.478 e. The molecule has 0 saturated heterocycles. The molecule has 2 aromatic rings. The predicted octanol–water partition coefficient (Wildman–Crippen LogP) is 2.65. The van der Waals surface area contributed by atoms with E-state index in [9.17, 15) is 4.79 Å². The standard InChI is InChI=1S/C15H16N2O2/c1-11-12(2)17(10-16-11)9-14-5-3-13(4-6-14)7-8-15(18)19/h3-8,10H,9H2,1-2H3,(H,18,19). The van der Waals surface area contributed by atoms with Gasteiger partial charge in [-0.15, -0.1) is 0 Å². The Bertz CT molecular complexity index is 610. The topological polar surface area (TPSA) is 55.1 Å². The highest BCUT2D eigenvalue weighted by Crippen LogP contribution is 2.11. The van der Waals surface area contributed by atoms with E-state index in [0.717, 1.165) is 35.1 Å². The molecule has 0 bridgehead atoms. The lowest BCUT2D eigenvalue weighted by Gasteiger charge is -2.06. The van der Waals surface area contributed by atoms with Gasteiger partial charge in [-0.05, 0) is 31.1 Å². The third kappa shape index (κ3) is 3.31. The van der Waals surface area contributed by atoms with Gasteiger partial charge in [-0.2, -0.15) is 0 Å². The van der Waals surface area contributed by atoms with E-state index in [1.54, 1.807) is 6.08 Å². The fraction of sp³-hybridized carbons (Fsp3) is 0.200. The number of carboxylic acid groups (broad SMARTS) is 1. The average molecular weight is 256 g/mol. The number of aromatic nitrogens is 2. The molecule has 4 nitrogen and oxygen atoms in total. The van der Waals surface area contributed by atoms with E-state index in [-0.39, 0.29) is 0 Å². The molecule has 0 aliphatic heterocycles. The van der Waals surface area contributed by atoms with Crippen LogP contribution in [0.15, 0.2) is 36.7 Å². The summed E-state index contributed by atoms with van der Waals surface area (Å²) in [6.45, 7) is 4.81. The zero-order valence-corrected chi connectivity index (χ0v) is 11.0. The molecule has 0 aliphatic carbocycles. The lowest BCUT2D eigenvalue weighted by molar-refractivity contribution is -0.131. The van der Waals surface area contributed by atoms with Crippen molar-refractivity contribution < 1.29 is 9.90 Å². The molecule has 0 atom stereocenters. The average Bonchev–Trinajstić information content (AvgIpc) is 2.70. The first-order chi connectivity index (χ1) is 9.06. The van der Waals surface area contributed by atoms with Crippen LogP contribution in [-0.2, 0) is 11.3 Å². The minimum atomic E-state index is -0.936. The summed E-state index contributed by atoms with van der Waals surface area (Å²) in [6.07, 6.45) is 4.56. The molecule has 0 amide bonds. The zero-order chi connectivity index (χ0) is 13.8. The van der Waals surface area contributed by atoms with E-state index >= 15 is 0 Å². The van der Waals surface area contributed by atoms with E-state index in [1.165, 1.54) is 0 Å². The number of imidazole rings is 1. The summed E-state index contributed by atoms with van der Waals surface area (Å²) in [4.78, 5) is 14.7. The van der Waals surface area contributed by atoms with Crippen LogP contribution in [0.4, 0.5) is 0 Å². The quantitative estimate of drug-likeness (QED) is 0.855. The molecule has 2 rings (SSSR count). The summed E-state index contributed by atoms with van der Waals surface area (Å²) in [5, 5.41) is 8.56. The molecule has 0 fully saturated rings. The van der Waals surface area contributed by atoms with E-state index in [0.29, 0.717) is 0 Å². The number of carbonyl (C=O) groups is 1. The first kappa shape index (κ1) is 13.1. The number of carboxylic acids is 1. The smallest absolute Gasteiger partial charge is 0.328 e. The molecule has 19 heavy (non-hydrogen) atoms. The molecular formula is C15H16N2O2. The molecule has 1 aromatic heterocycles. The number of rotatable bonds is 4. The van der Waals surface area contributed by atoms with Gasteiger partial charge in [-0.1, -0.05) is 24.3 Å². The summed E-state index contributed by atoms with van der Waals surface area (Å²) in [5.74, 6) is -0.936. The van der Waals surface area contributed by atoms with Crippen molar-refractivity contribution in [2.75, 3.05) is 0 Å². The van der Waals surface area contributed by atoms with Crippen molar-refractivity contribution in [3.63, 3.8) is 0 Å². The monoisotopic (exact) mass is 256 g/mol. The fourth-order valence-corrected chi connectivity index (χ4v) is 1.80. The summed E-state index contributed by atoms with van der Waals surface area (Å²) < 4.78 is 2.09. The highest BCUT2D eigenvalue weighted by Gasteiger charge is 2.02. The second-order valence-corrected chi connectivity index (χ2v) is 4.46. The van der Waals surface area contributed by atoms with E-state index in [2.05, 4.69) is 9.55 Å². The van der Waals surface area contributed by atoms with Crippen LogP contribution in [0.2, 0.25) is 0 Å². The summed E-state index contributed by atoms with van der Waals surface area (Å²) in [5.41, 5.74) is 4.24. The third-order valence-electron chi connectivity index (χ3n) is 3.10. The minimum absolute atomic E-state index is 0.773. The van der Waals surface area contributed by atoms with Gasteiger partial charge in [0, 0.05) is 18.3 Å². The Morgan fingerprint density at radius 3 is 2.53 bits per heavy atom. The van der Waals surface area contributed by atoms with Gasteiger partial charge < -0.3 is 9.67 Å². The molecule has 0 spiro atoms. The van der Waals surface area contributed by atoms with Crippen LogP contribution < -0.4 is 0 Å². The molecule has 0 unspecified atom stereocenters. The van der Waals surface area contributed by atoms with Crippen LogP contribution in [0.25, 0.3) is 6.08 Å². The molecule has 4 heteroatoms. The predicted molar refractivity (Wildman–Crippen MR) is 73.9 cm³/mol. The van der Waals surface area contributed by atoms with Gasteiger partial charge in [0.05, 0.1) is 12.0 Å². The van der Waals surface area contributed by atoms with E-state index in [4.69, 9.17) is 5.11 Å². The number of benzene rings is 1. The second kappa shape index (κ2) is 5.52. The number of hydrogen-bond donors (Lipinski definition) is 1. The van der Waals surface area contributed by atoms with Crippen molar-refractivity contribution in [2.24, 2.45) is 0 Å². The molecule has 0 saturated carbocycles. The maximum Gasteiger partial charge on any atom is 0.328 e. The summed E-state index contributed by atoms with van der Waals surface area (Å²) >= 11 is 0. The maximum atomic E-state index is 10.4. The van der Waals surface area contributed by atoms with Crippen LogP contribution in [0, 0.1) is 13.8 Å². The SMILES string of the molecule is Cc1ncn(Cc2ccc(C=CC(=O)O)cc2)c1C. The van der Waals surface area contributed by atoms with Gasteiger partial charge in [0.1, 0.15) is 0 Å². The third-order valence-corrected chi connectivity index (χ3v) is 3.10. The van der Waals surface area contributed by atoms with Gasteiger partial charge in [-0.25, -0.2) is 9.78 Å². The molecule has 1 aromatic carbocycles. The Morgan fingerprint density at radius 2 is 2.00 bits per heavy atom. The van der Waals surface area contributed by atoms with Gasteiger partial charge in [0.2, 0.25) is 0 Å². The van der Waals surface area contributed by atoms with Crippen LogP contribution in [0.3, 0.4) is 0 Å². The van der Waals surface area contributed by atoms with Gasteiger partial charge in [0.15, 0.2) is 0 Å². The molecule has 1 N–H and O–H groups in total. The van der Waals surface area contributed by atoms with Crippen molar-refractivity contribution >= 4 is 12.0 Å². The van der Waals surface area contributed by atoms with Crippen LogP contribution in [0.5, 0.6) is 0 Å². The lowest BCUT2D eigenvalue weighted by atomic mass is 10.1. The van der Waals surface area contributed by atoms with Crippen molar-refractivity contribution in [3.05, 3.63) is 59.2 Å². The van der Waals surface area contributed by atoms with E-state index < -0.39 is 5.97 Å². The Labute approximate surface area is 112 Å². The first-order valence-corrected chi connectivity index (χ1v) is 6.04. The Morgan fingerprint density at radius 1 is 1.32 bits per heavy atom. The number of nitrogens with zero attached hydrogens (tertiary/aromatic N) is 2. The summed E-state index contributed by atoms with van der Waals surface area (Å²) in [6, 6.07) is 7.81. The highest BCUT2D eigenvalue weighted by molar-refractivity contribution is 5.85. The van der Waals surface area contributed by atoms with Crippen LogP contribution in [-0.4, -0.2) is 20.6 Å². The van der Waals surface area contributed by atoms with Gasteiger partial charge in [-0.3, -0.25) is 0 Å². The van der Waals surface area contributed by atoms with Crippen molar-refractivity contribution in [2.45, 2.75) is 20.4 Å². The van der Waals surface area contributed by atoms with Crippen molar-refractivity contribution in [1.82, 2.24) is 9.55 Å². The second-order valence-electron chi connectivity index (χ2n) is 4.46. The fourth-order valence-electron chi connectivity index (χ4n) is 1.80. The molecular weight excluding hydrogens is 240 g/mol. The lowest BCUT2D eigenvalue weighted by Crippen LogP contribution is -2.00.